The smallest absolute Gasteiger partial charge is 0.217 e. The van der Waals surface area contributed by atoms with Crippen molar-refractivity contribution < 1.29 is 4.79 Å². The molecule has 1 aliphatic carbocycles. The van der Waals surface area contributed by atoms with Gasteiger partial charge in [-0.15, -0.1) is 0 Å². The van der Waals surface area contributed by atoms with Crippen LogP contribution >= 0.6 is 0 Å². The van der Waals surface area contributed by atoms with Gasteiger partial charge in [0.1, 0.15) is 0 Å². The molecular formula is C12H24N2O. The lowest BCUT2D eigenvalue weighted by Crippen LogP contribution is -2.49. The summed E-state index contributed by atoms with van der Waals surface area (Å²) in [6, 6.07) is 0.923. The van der Waals surface area contributed by atoms with Crippen LogP contribution in [0.25, 0.3) is 0 Å². The molecule has 2 N–H and O–H groups in total. The monoisotopic (exact) mass is 212 g/mol. The van der Waals surface area contributed by atoms with Gasteiger partial charge in [0.2, 0.25) is 5.91 Å². The molecule has 1 aliphatic rings. The Morgan fingerprint density at radius 1 is 1.20 bits per heavy atom. The van der Waals surface area contributed by atoms with Crippen molar-refractivity contribution in [2.75, 3.05) is 0 Å². The number of hydrogen-bond acceptors (Lipinski definition) is 2. The zero-order valence-electron chi connectivity index (χ0n) is 10.4. The second-order valence-electron chi connectivity index (χ2n) is 5.66. The molecule has 1 amide bonds. The van der Waals surface area contributed by atoms with Crippen LogP contribution in [0, 0.1) is 0 Å². The number of hydrogen-bond donors (Lipinski definition) is 2. The zero-order chi connectivity index (χ0) is 11.5. The molecule has 0 radical (unpaired) electrons. The van der Waals surface area contributed by atoms with Crippen molar-refractivity contribution in [2.45, 2.75) is 71.0 Å². The lowest BCUT2D eigenvalue weighted by atomic mass is 9.89. The second kappa shape index (κ2) is 4.97. The van der Waals surface area contributed by atoms with Crippen molar-refractivity contribution in [1.29, 1.82) is 0 Å². The molecule has 0 aliphatic heterocycles. The second-order valence-corrected chi connectivity index (χ2v) is 5.66. The van der Waals surface area contributed by atoms with E-state index in [1.165, 1.54) is 12.8 Å². The Labute approximate surface area is 93.0 Å². The minimum atomic E-state index is 0.0939. The van der Waals surface area contributed by atoms with Gasteiger partial charge in [-0.3, -0.25) is 4.79 Å². The summed E-state index contributed by atoms with van der Waals surface area (Å²) in [4.78, 5) is 11.0. The number of carbonyl (C=O) groups is 1. The number of rotatable bonds is 2. The first-order valence-electron chi connectivity index (χ1n) is 5.91. The van der Waals surface area contributed by atoms with Gasteiger partial charge in [0.25, 0.3) is 0 Å². The maximum absolute atomic E-state index is 11.0. The maximum atomic E-state index is 11.0. The van der Waals surface area contributed by atoms with Gasteiger partial charge >= 0.3 is 0 Å². The topological polar surface area (TPSA) is 41.1 Å². The molecule has 1 saturated carbocycles. The molecule has 0 bridgehead atoms. The van der Waals surface area contributed by atoms with Crippen molar-refractivity contribution in [3.05, 3.63) is 0 Å². The Hall–Kier alpha value is -0.570. The van der Waals surface area contributed by atoms with Crippen molar-refractivity contribution in [1.82, 2.24) is 10.6 Å². The lowest BCUT2D eigenvalue weighted by Gasteiger charge is -2.35. The van der Waals surface area contributed by atoms with E-state index in [2.05, 4.69) is 31.4 Å². The Morgan fingerprint density at radius 3 is 2.33 bits per heavy atom. The van der Waals surface area contributed by atoms with Gasteiger partial charge in [0, 0.05) is 24.5 Å². The van der Waals surface area contributed by atoms with E-state index in [-0.39, 0.29) is 11.4 Å². The molecule has 0 aromatic heterocycles. The summed E-state index contributed by atoms with van der Waals surface area (Å²) >= 11 is 0. The highest BCUT2D eigenvalue weighted by molar-refractivity contribution is 5.73. The van der Waals surface area contributed by atoms with E-state index in [4.69, 9.17) is 0 Å². The summed E-state index contributed by atoms with van der Waals surface area (Å²) in [5.41, 5.74) is 0.169. The third-order valence-corrected chi connectivity index (χ3v) is 2.72. The fraction of sp³-hybridized carbons (Fsp3) is 0.917. The van der Waals surface area contributed by atoms with Crippen LogP contribution in [0.15, 0.2) is 0 Å². The van der Waals surface area contributed by atoms with E-state index >= 15 is 0 Å². The lowest BCUT2D eigenvalue weighted by molar-refractivity contribution is -0.119. The molecule has 0 spiro atoms. The molecular weight excluding hydrogens is 188 g/mol. The molecule has 0 saturated heterocycles. The minimum absolute atomic E-state index is 0.0939. The van der Waals surface area contributed by atoms with E-state index in [0.717, 1.165) is 12.8 Å². The molecule has 1 rings (SSSR count). The number of nitrogens with one attached hydrogen (secondary N) is 2. The number of amides is 1. The summed E-state index contributed by atoms with van der Waals surface area (Å²) in [5.74, 6) is 0.0939. The van der Waals surface area contributed by atoms with E-state index < -0.39 is 0 Å². The Kier molecular flexibility index (Phi) is 4.14. The van der Waals surface area contributed by atoms with Gasteiger partial charge in [0.15, 0.2) is 0 Å². The fourth-order valence-corrected chi connectivity index (χ4v) is 2.35. The molecule has 3 heteroatoms. The van der Waals surface area contributed by atoms with Gasteiger partial charge in [-0.1, -0.05) is 0 Å². The Bertz CT molecular complexity index is 220. The SMILES string of the molecule is CC(=O)N[C@H]1CCC[C@H](NC(C)(C)C)C1. The number of carbonyl (C=O) groups excluding carboxylic acids is 1. The standard InChI is InChI=1S/C12H24N2O/c1-9(15)13-10-6-5-7-11(8-10)14-12(2,3)4/h10-11,14H,5-8H2,1-4H3,(H,13,15)/t10-,11-/m0/s1. The van der Waals surface area contributed by atoms with Gasteiger partial charge in [-0.2, -0.15) is 0 Å². The van der Waals surface area contributed by atoms with Gasteiger partial charge < -0.3 is 10.6 Å². The van der Waals surface area contributed by atoms with Crippen molar-refractivity contribution in [2.24, 2.45) is 0 Å². The van der Waals surface area contributed by atoms with Crippen molar-refractivity contribution in [3.63, 3.8) is 0 Å². The normalized spacial score (nSPS) is 27.5. The van der Waals surface area contributed by atoms with E-state index in [0.29, 0.717) is 12.1 Å². The predicted octanol–water partition coefficient (Wildman–Crippen LogP) is 1.82. The zero-order valence-corrected chi connectivity index (χ0v) is 10.4. The summed E-state index contributed by atoms with van der Waals surface area (Å²) < 4.78 is 0. The van der Waals surface area contributed by atoms with Crippen molar-refractivity contribution >= 4 is 5.91 Å². The summed E-state index contributed by atoms with van der Waals surface area (Å²) in [6.45, 7) is 8.17. The molecule has 3 nitrogen and oxygen atoms in total. The van der Waals surface area contributed by atoms with Crippen LogP contribution in [0.2, 0.25) is 0 Å². The van der Waals surface area contributed by atoms with E-state index in [1.807, 2.05) is 0 Å². The van der Waals surface area contributed by atoms with E-state index in [1.54, 1.807) is 6.92 Å². The van der Waals surface area contributed by atoms with Crippen LogP contribution in [0.4, 0.5) is 0 Å². The minimum Gasteiger partial charge on any atom is -0.354 e. The third-order valence-electron chi connectivity index (χ3n) is 2.72. The average molecular weight is 212 g/mol. The third kappa shape index (κ3) is 5.17. The predicted molar refractivity (Wildman–Crippen MR) is 62.7 cm³/mol. The molecule has 0 heterocycles. The highest BCUT2D eigenvalue weighted by Crippen LogP contribution is 2.20. The molecule has 0 aromatic rings. The molecule has 15 heavy (non-hydrogen) atoms. The molecule has 1 fully saturated rings. The van der Waals surface area contributed by atoms with Gasteiger partial charge in [0.05, 0.1) is 0 Å². The first-order valence-corrected chi connectivity index (χ1v) is 5.91. The van der Waals surface area contributed by atoms with Gasteiger partial charge in [-0.05, 0) is 46.5 Å². The first kappa shape index (κ1) is 12.5. The Morgan fingerprint density at radius 2 is 1.80 bits per heavy atom. The highest BCUT2D eigenvalue weighted by atomic mass is 16.1. The van der Waals surface area contributed by atoms with Crippen LogP contribution < -0.4 is 10.6 Å². The quantitative estimate of drug-likeness (QED) is 0.733. The molecule has 0 unspecified atom stereocenters. The van der Waals surface area contributed by atoms with Crippen LogP contribution in [0.1, 0.15) is 53.4 Å². The molecule has 2 atom stereocenters. The maximum Gasteiger partial charge on any atom is 0.217 e. The molecule has 0 aromatic carbocycles. The van der Waals surface area contributed by atoms with Crippen LogP contribution in [-0.2, 0) is 4.79 Å². The largest absolute Gasteiger partial charge is 0.354 e. The Balaban J connectivity index is 2.38. The first-order chi connectivity index (χ1) is 6.87. The van der Waals surface area contributed by atoms with Gasteiger partial charge in [-0.25, -0.2) is 0 Å². The summed E-state index contributed by atoms with van der Waals surface area (Å²) in [5, 5.41) is 6.63. The van der Waals surface area contributed by atoms with Crippen molar-refractivity contribution in [3.8, 4) is 0 Å². The van der Waals surface area contributed by atoms with E-state index in [9.17, 15) is 4.79 Å². The average Bonchev–Trinajstić information content (AvgIpc) is 1.99. The van der Waals surface area contributed by atoms with Crippen LogP contribution in [0.3, 0.4) is 0 Å². The fourth-order valence-electron chi connectivity index (χ4n) is 2.35. The molecule has 88 valence electrons. The van der Waals surface area contributed by atoms with Crippen LogP contribution in [0.5, 0.6) is 0 Å². The highest BCUT2D eigenvalue weighted by Gasteiger charge is 2.25. The summed E-state index contributed by atoms with van der Waals surface area (Å²) in [6.07, 6.45) is 4.63. The van der Waals surface area contributed by atoms with Crippen LogP contribution in [-0.4, -0.2) is 23.5 Å². The summed E-state index contributed by atoms with van der Waals surface area (Å²) in [7, 11) is 0.